The Morgan fingerprint density at radius 3 is 2.63 bits per heavy atom. The van der Waals surface area contributed by atoms with Gasteiger partial charge in [-0.2, -0.15) is 4.98 Å². The molecule has 0 unspecified atom stereocenters. The van der Waals surface area contributed by atoms with Crippen LogP contribution in [-0.2, 0) is 12.1 Å². The maximum absolute atomic E-state index is 11.6. The highest BCUT2D eigenvalue weighted by atomic mass is 16.5. The molecular formula is C19H25N5O3. The molecule has 1 aliphatic carbocycles. The Hall–Kier alpha value is -2.32. The average molecular weight is 371 g/mol. The number of rotatable bonds is 5. The van der Waals surface area contributed by atoms with Gasteiger partial charge in [0.1, 0.15) is 11.4 Å². The van der Waals surface area contributed by atoms with E-state index in [4.69, 9.17) is 9.47 Å². The second-order valence-electron chi connectivity index (χ2n) is 7.44. The number of likely N-dealkylation sites (tertiary alicyclic amines) is 1. The van der Waals surface area contributed by atoms with E-state index in [2.05, 4.69) is 24.8 Å². The summed E-state index contributed by atoms with van der Waals surface area (Å²) in [4.78, 5) is 19.4. The number of aromatic nitrogens is 4. The molecule has 2 aromatic rings. The molecule has 3 atom stereocenters. The standard InChI is InChI=1S/C19H25N5O3/c1-12-20-6-13(7-21-12)9-24-10-14-4-5-19(25,16(14)11-24)15-8-22-18(27-3)23-17(15)26-2/h6-8,14,16,25H,4-5,9-11H2,1-3H3/t14-,16+,19+/m0/s1. The maximum atomic E-state index is 11.6. The van der Waals surface area contributed by atoms with E-state index >= 15 is 0 Å². The number of methoxy groups -OCH3 is 2. The quantitative estimate of drug-likeness (QED) is 0.841. The second kappa shape index (κ2) is 7.01. The molecule has 0 spiro atoms. The number of fused-ring (bicyclic) bond motifs is 1. The van der Waals surface area contributed by atoms with Crippen molar-refractivity contribution in [1.29, 1.82) is 0 Å². The van der Waals surface area contributed by atoms with Gasteiger partial charge in [-0.15, -0.1) is 0 Å². The molecule has 4 rings (SSSR count). The minimum atomic E-state index is -0.985. The predicted molar refractivity (Wildman–Crippen MR) is 97.3 cm³/mol. The summed E-state index contributed by atoms with van der Waals surface area (Å²) in [5, 5.41) is 11.6. The summed E-state index contributed by atoms with van der Waals surface area (Å²) in [5.41, 5.74) is 0.758. The third-order valence-corrected chi connectivity index (χ3v) is 5.84. The van der Waals surface area contributed by atoms with Crippen molar-refractivity contribution < 1.29 is 14.6 Å². The third-order valence-electron chi connectivity index (χ3n) is 5.84. The Balaban J connectivity index is 1.55. The summed E-state index contributed by atoms with van der Waals surface area (Å²) in [5.74, 6) is 1.72. The van der Waals surface area contributed by atoms with Crippen LogP contribution in [0, 0.1) is 18.8 Å². The number of hydrogen-bond acceptors (Lipinski definition) is 8. The van der Waals surface area contributed by atoms with Gasteiger partial charge in [0.05, 0.1) is 19.8 Å². The summed E-state index contributed by atoms with van der Waals surface area (Å²) in [6, 6.07) is 0.237. The third kappa shape index (κ3) is 3.23. The fourth-order valence-electron chi connectivity index (χ4n) is 4.51. The smallest absolute Gasteiger partial charge is 0.319 e. The first kappa shape index (κ1) is 18.1. The minimum absolute atomic E-state index is 0.120. The van der Waals surface area contributed by atoms with Gasteiger partial charge < -0.3 is 14.6 Å². The lowest BCUT2D eigenvalue weighted by Crippen LogP contribution is -2.35. The van der Waals surface area contributed by atoms with Gasteiger partial charge in [-0.05, 0) is 25.7 Å². The molecule has 0 radical (unpaired) electrons. The van der Waals surface area contributed by atoms with Crippen LogP contribution in [-0.4, -0.2) is 57.3 Å². The molecular weight excluding hydrogens is 346 g/mol. The van der Waals surface area contributed by atoms with Crippen molar-refractivity contribution in [3.63, 3.8) is 0 Å². The monoisotopic (exact) mass is 371 g/mol. The molecule has 1 saturated carbocycles. The summed E-state index contributed by atoms with van der Waals surface area (Å²) in [6.07, 6.45) is 7.06. The molecule has 27 heavy (non-hydrogen) atoms. The van der Waals surface area contributed by atoms with Crippen molar-refractivity contribution >= 4 is 0 Å². The SMILES string of the molecule is COc1ncc([C@]2(O)CC[C@H]3CN(Cc4cnc(C)nc4)C[C@H]32)c(OC)n1. The zero-order chi connectivity index (χ0) is 19.0. The largest absolute Gasteiger partial charge is 0.481 e. The molecule has 0 aromatic carbocycles. The lowest BCUT2D eigenvalue weighted by Gasteiger charge is -2.31. The normalized spacial score (nSPS) is 27.6. The van der Waals surface area contributed by atoms with Crippen molar-refractivity contribution in [2.45, 2.75) is 31.9 Å². The van der Waals surface area contributed by atoms with Crippen molar-refractivity contribution in [1.82, 2.24) is 24.8 Å². The molecule has 1 N–H and O–H groups in total. The van der Waals surface area contributed by atoms with Crippen molar-refractivity contribution in [3.05, 3.63) is 35.5 Å². The fraction of sp³-hybridized carbons (Fsp3) is 0.579. The van der Waals surface area contributed by atoms with E-state index in [9.17, 15) is 5.11 Å². The summed E-state index contributed by atoms with van der Waals surface area (Å²) < 4.78 is 10.5. The van der Waals surface area contributed by atoms with Gasteiger partial charge in [0.2, 0.25) is 5.88 Å². The van der Waals surface area contributed by atoms with Crippen LogP contribution in [0.4, 0.5) is 0 Å². The molecule has 0 bridgehead atoms. The number of nitrogens with zero attached hydrogens (tertiary/aromatic N) is 5. The molecule has 8 nitrogen and oxygen atoms in total. The van der Waals surface area contributed by atoms with E-state index in [1.54, 1.807) is 13.3 Å². The first-order valence-electron chi connectivity index (χ1n) is 9.21. The molecule has 2 aromatic heterocycles. The topological polar surface area (TPSA) is 93.5 Å². The molecule has 2 aliphatic rings. The Labute approximate surface area is 158 Å². The maximum Gasteiger partial charge on any atom is 0.319 e. The predicted octanol–water partition coefficient (Wildman–Crippen LogP) is 1.32. The zero-order valence-electron chi connectivity index (χ0n) is 15.9. The van der Waals surface area contributed by atoms with E-state index < -0.39 is 5.60 Å². The number of ether oxygens (including phenoxy) is 2. The molecule has 0 amide bonds. The molecule has 1 aliphatic heterocycles. The number of aryl methyl sites for hydroxylation is 1. The second-order valence-corrected chi connectivity index (χ2v) is 7.44. The van der Waals surface area contributed by atoms with E-state index in [1.165, 1.54) is 7.11 Å². The van der Waals surface area contributed by atoms with E-state index in [0.717, 1.165) is 37.4 Å². The first-order chi connectivity index (χ1) is 13.0. The van der Waals surface area contributed by atoms with Crippen LogP contribution in [0.25, 0.3) is 0 Å². The van der Waals surface area contributed by atoms with E-state index in [1.807, 2.05) is 19.3 Å². The molecule has 3 heterocycles. The molecule has 8 heteroatoms. The highest BCUT2D eigenvalue weighted by Gasteiger charge is 2.53. The minimum Gasteiger partial charge on any atom is -0.481 e. The Morgan fingerprint density at radius 1 is 1.15 bits per heavy atom. The van der Waals surface area contributed by atoms with Gasteiger partial charge in [0, 0.05) is 49.7 Å². The average Bonchev–Trinajstić information content (AvgIpc) is 3.23. The van der Waals surface area contributed by atoms with Crippen molar-refractivity contribution in [3.8, 4) is 11.9 Å². The van der Waals surface area contributed by atoms with Crippen LogP contribution in [0.3, 0.4) is 0 Å². The van der Waals surface area contributed by atoms with Gasteiger partial charge in [0.15, 0.2) is 0 Å². The Morgan fingerprint density at radius 2 is 1.93 bits per heavy atom. The number of aliphatic hydroxyl groups is 1. The van der Waals surface area contributed by atoms with Crippen LogP contribution in [0.2, 0.25) is 0 Å². The summed E-state index contributed by atoms with van der Waals surface area (Å²) in [7, 11) is 3.07. The van der Waals surface area contributed by atoms with Crippen LogP contribution < -0.4 is 9.47 Å². The molecule has 1 saturated heterocycles. The summed E-state index contributed by atoms with van der Waals surface area (Å²) >= 11 is 0. The lowest BCUT2D eigenvalue weighted by molar-refractivity contribution is -0.00972. The van der Waals surface area contributed by atoms with Crippen LogP contribution in [0.15, 0.2) is 18.6 Å². The summed E-state index contributed by atoms with van der Waals surface area (Å²) in [6.45, 7) is 4.44. The van der Waals surface area contributed by atoms with E-state index in [-0.39, 0.29) is 11.9 Å². The van der Waals surface area contributed by atoms with Gasteiger partial charge in [-0.1, -0.05) is 0 Å². The highest BCUT2D eigenvalue weighted by Crippen LogP contribution is 2.52. The van der Waals surface area contributed by atoms with Crippen molar-refractivity contribution in [2.24, 2.45) is 11.8 Å². The van der Waals surface area contributed by atoms with Crippen LogP contribution >= 0.6 is 0 Å². The van der Waals surface area contributed by atoms with Crippen molar-refractivity contribution in [2.75, 3.05) is 27.3 Å². The highest BCUT2D eigenvalue weighted by molar-refractivity contribution is 5.34. The van der Waals surface area contributed by atoms with Gasteiger partial charge in [-0.3, -0.25) is 4.90 Å². The number of hydrogen-bond donors (Lipinski definition) is 1. The Bertz CT molecular complexity index is 815. The first-order valence-corrected chi connectivity index (χ1v) is 9.21. The van der Waals surface area contributed by atoms with Gasteiger partial charge in [-0.25, -0.2) is 15.0 Å². The zero-order valence-corrected chi connectivity index (χ0v) is 15.9. The van der Waals surface area contributed by atoms with E-state index in [0.29, 0.717) is 23.8 Å². The lowest BCUT2D eigenvalue weighted by atomic mass is 9.83. The van der Waals surface area contributed by atoms with Crippen LogP contribution in [0.1, 0.15) is 29.8 Å². The van der Waals surface area contributed by atoms with Gasteiger partial charge in [0.25, 0.3) is 0 Å². The molecule has 144 valence electrons. The molecule has 2 fully saturated rings. The Kier molecular flexibility index (Phi) is 4.69. The fourth-order valence-corrected chi connectivity index (χ4v) is 4.51. The van der Waals surface area contributed by atoms with Gasteiger partial charge >= 0.3 is 6.01 Å². The van der Waals surface area contributed by atoms with Crippen LogP contribution in [0.5, 0.6) is 11.9 Å².